The van der Waals surface area contributed by atoms with Crippen LogP contribution in [0.1, 0.15) is 48.0 Å². The van der Waals surface area contributed by atoms with Crippen molar-refractivity contribution >= 4 is 17.5 Å². The van der Waals surface area contributed by atoms with E-state index in [2.05, 4.69) is 10.2 Å². The molecule has 1 amide bonds. The predicted molar refractivity (Wildman–Crippen MR) is 85.9 cm³/mol. The highest BCUT2D eigenvalue weighted by molar-refractivity contribution is 6.31. The predicted octanol–water partition coefficient (Wildman–Crippen LogP) is 3.40. The maximum absolute atomic E-state index is 13.0. The topological polar surface area (TPSA) is 32.3 Å². The second-order valence-electron chi connectivity index (χ2n) is 6.44. The standard InChI is InChI=1S/C17H23ClN2O/c1-13-9-14(11-15(18)10-13)16(21)20-8-7-19-12-17(20)5-3-2-4-6-17/h9-11,19H,2-8,12H2,1H3. The van der Waals surface area contributed by atoms with E-state index in [0.717, 1.165) is 43.6 Å². The van der Waals surface area contributed by atoms with E-state index in [0.29, 0.717) is 5.02 Å². The summed E-state index contributed by atoms with van der Waals surface area (Å²) in [4.78, 5) is 15.1. The Morgan fingerprint density at radius 2 is 2.00 bits per heavy atom. The van der Waals surface area contributed by atoms with E-state index in [1.807, 2.05) is 19.1 Å². The summed E-state index contributed by atoms with van der Waals surface area (Å²) in [7, 11) is 0. The molecule has 3 nitrogen and oxygen atoms in total. The SMILES string of the molecule is Cc1cc(Cl)cc(C(=O)N2CCNCC23CCCCC3)c1. The van der Waals surface area contributed by atoms with Gasteiger partial charge in [-0.1, -0.05) is 30.9 Å². The number of rotatable bonds is 1. The van der Waals surface area contributed by atoms with Crippen molar-refractivity contribution in [1.82, 2.24) is 10.2 Å². The summed E-state index contributed by atoms with van der Waals surface area (Å²) in [6, 6.07) is 5.65. The van der Waals surface area contributed by atoms with Crippen molar-refractivity contribution in [3.8, 4) is 0 Å². The summed E-state index contributed by atoms with van der Waals surface area (Å²) in [5.74, 6) is 0.143. The first kappa shape index (κ1) is 14.9. The molecule has 2 fully saturated rings. The molecule has 3 rings (SSSR count). The van der Waals surface area contributed by atoms with Crippen LogP contribution in [0.4, 0.5) is 0 Å². The van der Waals surface area contributed by atoms with Crippen molar-refractivity contribution in [3.05, 3.63) is 34.3 Å². The van der Waals surface area contributed by atoms with Gasteiger partial charge in [0.15, 0.2) is 0 Å². The quantitative estimate of drug-likeness (QED) is 0.862. The minimum Gasteiger partial charge on any atom is -0.330 e. The van der Waals surface area contributed by atoms with Crippen LogP contribution < -0.4 is 5.32 Å². The van der Waals surface area contributed by atoms with Gasteiger partial charge in [-0.3, -0.25) is 4.79 Å². The van der Waals surface area contributed by atoms with Crippen molar-refractivity contribution in [2.24, 2.45) is 0 Å². The third kappa shape index (κ3) is 2.95. The highest BCUT2D eigenvalue weighted by Gasteiger charge is 2.42. The molecule has 2 aliphatic rings. The molecule has 114 valence electrons. The van der Waals surface area contributed by atoms with Crippen LogP contribution in [0.5, 0.6) is 0 Å². The summed E-state index contributed by atoms with van der Waals surface area (Å²) in [6.45, 7) is 4.59. The Labute approximate surface area is 131 Å². The van der Waals surface area contributed by atoms with Gasteiger partial charge in [0.25, 0.3) is 5.91 Å². The summed E-state index contributed by atoms with van der Waals surface area (Å²) >= 11 is 6.13. The van der Waals surface area contributed by atoms with Gasteiger partial charge in [-0.05, 0) is 43.5 Å². The number of piperazine rings is 1. The van der Waals surface area contributed by atoms with Gasteiger partial charge in [0.2, 0.25) is 0 Å². The number of aryl methyl sites for hydroxylation is 1. The van der Waals surface area contributed by atoms with Crippen molar-refractivity contribution in [2.75, 3.05) is 19.6 Å². The summed E-state index contributed by atoms with van der Waals surface area (Å²) in [5.41, 5.74) is 1.79. The summed E-state index contributed by atoms with van der Waals surface area (Å²) < 4.78 is 0. The molecule has 0 atom stereocenters. The smallest absolute Gasteiger partial charge is 0.254 e. The van der Waals surface area contributed by atoms with Gasteiger partial charge in [-0.15, -0.1) is 0 Å². The molecule has 0 bridgehead atoms. The lowest BCUT2D eigenvalue weighted by Crippen LogP contribution is -2.63. The van der Waals surface area contributed by atoms with Crippen molar-refractivity contribution in [3.63, 3.8) is 0 Å². The number of carbonyl (C=O) groups is 1. The molecule has 1 N–H and O–H groups in total. The lowest BCUT2D eigenvalue weighted by Gasteiger charge is -2.49. The van der Waals surface area contributed by atoms with E-state index in [1.165, 1.54) is 19.3 Å². The molecule has 1 aliphatic carbocycles. The number of nitrogens with one attached hydrogen (secondary N) is 1. The average Bonchev–Trinajstić information content (AvgIpc) is 2.47. The maximum atomic E-state index is 13.0. The number of hydrogen-bond acceptors (Lipinski definition) is 2. The van der Waals surface area contributed by atoms with E-state index < -0.39 is 0 Å². The highest BCUT2D eigenvalue weighted by Crippen LogP contribution is 2.35. The molecular formula is C17H23ClN2O. The molecule has 0 aromatic heterocycles. The van der Waals surface area contributed by atoms with Gasteiger partial charge >= 0.3 is 0 Å². The second-order valence-corrected chi connectivity index (χ2v) is 6.87. The van der Waals surface area contributed by atoms with Gasteiger partial charge < -0.3 is 10.2 Å². The Balaban J connectivity index is 1.90. The lowest BCUT2D eigenvalue weighted by molar-refractivity contribution is 0.0222. The molecule has 1 saturated heterocycles. The zero-order valence-corrected chi connectivity index (χ0v) is 13.4. The molecule has 1 saturated carbocycles. The molecule has 1 aromatic rings. The Morgan fingerprint density at radius 3 is 2.71 bits per heavy atom. The summed E-state index contributed by atoms with van der Waals surface area (Å²) in [6.07, 6.45) is 5.97. The monoisotopic (exact) mass is 306 g/mol. The molecule has 0 radical (unpaired) electrons. The van der Waals surface area contributed by atoms with Crippen LogP contribution in [0.25, 0.3) is 0 Å². The van der Waals surface area contributed by atoms with Gasteiger partial charge in [0.1, 0.15) is 0 Å². The zero-order valence-electron chi connectivity index (χ0n) is 12.6. The molecule has 1 heterocycles. The first-order valence-electron chi connectivity index (χ1n) is 7.91. The van der Waals surface area contributed by atoms with Crippen LogP contribution in [-0.4, -0.2) is 36.0 Å². The fourth-order valence-electron chi connectivity index (χ4n) is 3.83. The Hall–Kier alpha value is -1.06. The molecule has 0 unspecified atom stereocenters. The Kier molecular flexibility index (Phi) is 4.23. The maximum Gasteiger partial charge on any atom is 0.254 e. The lowest BCUT2D eigenvalue weighted by atomic mass is 9.78. The van der Waals surface area contributed by atoms with E-state index in [1.54, 1.807) is 6.07 Å². The van der Waals surface area contributed by atoms with Crippen molar-refractivity contribution in [2.45, 2.75) is 44.6 Å². The molecule has 21 heavy (non-hydrogen) atoms. The number of carbonyl (C=O) groups excluding carboxylic acids is 1. The van der Waals surface area contributed by atoms with Crippen LogP contribution >= 0.6 is 11.6 Å². The minimum atomic E-state index is 0.0177. The van der Waals surface area contributed by atoms with Gasteiger partial charge in [0.05, 0.1) is 5.54 Å². The fraction of sp³-hybridized carbons (Fsp3) is 0.588. The van der Waals surface area contributed by atoms with Crippen LogP contribution in [0.15, 0.2) is 18.2 Å². The largest absolute Gasteiger partial charge is 0.330 e. The van der Waals surface area contributed by atoms with Crippen LogP contribution in [0, 0.1) is 6.92 Å². The molecule has 1 aliphatic heterocycles. The fourth-order valence-corrected chi connectivity index (χ4v) is 4.12. The molecular weight excluding hydrogens is 284 g/mol. The van der Waals surface area contributed by atoms with Crippen molar-refractivity contribution < 1.29 is 4.79 Å². The Morgan fingerprint density at radius 1 is 1.24 bits per heavy atom. The zero-order chi connectivity index (χ0) is 14.9. The van der Waals surface area contributed by atoms with Crippen LogP contribution in [0.2, 0.25) is 5.02 Å². The normalized spacial score (nSPS) is 21.5. The van der Waals surface area contributed by atoms with Gasteiger partial charge in [-0.25, -0.2) is 0 Å². The van der Waals surface area contributed by atoms with E-state index in [4.69, 9.17) is 11.6 Å². The van der Waals surface area contributed by atoms with Gasteiger partial charge in [0, 0.05) is 30.2 Å². The number of hydrogen-bond donors (Lipinski definition) is 1. The number of halogens is 1. The van der Waals surface area contributed by atoms with E-state index >= 15 is 0 Å². The number of nitrogens with zero attached hydrogens (tertiary/aromatic N) is 1. The number of benzene rings is 1. The van der Waals surface area contributed by atoms with Gasteiger partial charge in [-0.2, -0.15) is 0 Å². The van der Waals surface area contributed by atoms with Crippen molar-refractivity contribution in [1.29, 1.82) is 0 Å². The molecule has 4 heteroatoms. The average molecular weight is 307 g/mol. The van der Waals surface area contributed by atoms with E-state index in [9.17, 15) is 4.79 Å². The first-order chi connectivity index (χ1) is 10.1. The first-order valence-corrected chi connectivity index (χ1v) is 8.28. The van der Waals surface area contributed by atoms with Crippen LogP contribution in [-0.2, 0) is 0 Å². The number of amides is 1. The summed E-state index contributed by atoms with van der Waals surface area (Å²) in [5, 5.41) is 4.13. The third-order valence-electron chi connectivity index (χ3n) is 4.86. The van der Waals surface area contributed by atoms with Crippen LogP contribution in [0.3, 0.4) is 0 Å². The highest BCUT2D eigenvalue weighted by atomic mass is 35.5. The molecule has 1 spiro atoms. The second kappa shape index (κ2) is 5.98. The Bertz CT molecular complexity index is 509. The molecule has 1 aromatic carbocycles. The van der Waals surface area contributed by atoms with E-state index in [-0.39, 0.29) is 11.4 Å². The minimum absolute atomic E-state index is 0.0177. The third-order valence-corrected chi connectivity index (χ3v) is 5.08.